The number of hydrogen-bond acceptors (Lipinski definition) is 5. The van der Waals surface area contributed by atoms with Crippen molar-refractivity contribution < 1.29 is 13.5 Å². The summed E-state index contributed by atoms with van der Waals surface area (Å²) in [6.07, 6.45) is 2.95. The van der Waals surface area contributed by atoms with E-state index in [1.54, 1.807) is 19.3 Å². The second-order valence-electron chi connectivity index (χ2n) is 5.73. The Morgan fingerprint density at radius 2 is 1.85 bits per heavy atom. The maximum Gasteiger partial charge on any atom is 0.171 e. The van der Waals surface area contributed by atoms with Gasteiger partial charge in [0.1, 0.15) is 34.9 Å². The summed E-state index contributed by atoms with van der Waals surface area (Å²) in [6.45, 7) is 0. The Labute approximate surface area is 157 Å². The van der Waals surface area contributed by atoms with E-state index < -0.39 is 11.6 Å². The summed E-state index contributed by atoms with van der Waals surface area (Å²) in [7, 11) is 3.12. The molecule has 1 aromatic carbocycles. The average molecular weight is 388 g/mol. The van der Waals surface area contributed by atoms with Gasteiger partial charge in [-0.05, 0) is 12.1 Å². The number of hydrogen-bond donors (Lipinski definition) is 0. The van der Waals surface area contributed by atoms with Crippen molar-refractivity contribution in [1.29, 1.82) is 0 Å². The number of fused-ring (bicyclic) bond motifs is 1. The van der Waals surface area contributed by atoms with Crippen molar-refractivity contribution in [3.05, 3.63) is 53.6 Å². The van der Waals surface area contributed by atoms with Crippen molar-refractivity contribution in [2.75, 3.05) is 7.11 Å². The summed E-state index contributed by atoms with van der Waals surface area (Å²) in [6, 6.07) is 5.27. The van der Waals surface area contributed by atoms with Gasteiger partial charge in [0.2, 0.25) is 0 Å². The number of methoxy groups -OCH3 is 1. The molecular formula is C18H12ClF2N5O. The van der Waals surface area contributed by atoms with Crippen LogP contribution in [0.25, 0.3) is 33.5 Å². The molecule has 9 heteroatoms. The predicted molar refractivity (Wildman–Crippen MR) is 96.4 cm³/mol. The zero-order valence-electron chi connectivity index (χ0n) is 14.2. The highest BCUT2D eigenvalue weighted by atomic mass is 35.5. The van der Waals surface area contributed by atoms with Gasteiger partial charge in [-0.1, -0.05) is 17.7 Å². The summed E-state index contributed by atoms with van der Waals surface area (Å²) in [5.41, 5.74) is 1.48. The van der Waals surface area contributed by atoms with E-state index in [9.17, 15) is 8.78 Å². The highest BCUT2D eigenvalue weighted by Gasteiger charge is 2.22. The van der Waals surface area contributed by atoms with Gasteiger partial charge in [-0.15, -0.1) is 0 Å². The largest absolute Gasteiger partial charge is 0.493 e. The molecule has 3 aromatic heterocycles. The zero-order chi connectivity index (χ0) is 19.1. The first-order valence-corrected chi connectivity index (χ1v) is 8.21. The molecule has 6 nitrogen and oxygen atoms in total. The molecule has 0 saturated heterocycles. The topological polar surface area (TPSA) is 65.7 Å². The second kappa shape index (κ2) is 6.55. The smallest absolute Gasteiger partial charge is 0.171 e. The molecule has 3 heterocycles. The molecule has 0 aliphatic carbocycles. The number of benzene rings is 1. The minimum Gasteiger partial charge on any atom is -0.493 e. The molecule has 0 unspecified atom stereocenters. The van der Waals surface area contributed by atoms with Crippen LogP contribution < -0.4 is 4.74 Å². The number of aryl methyl sites for hydroxylation is 1. The van der Waals surface area contributed by atoms with Gasteiger partial charge in [-0.2, -0.15) is 5.10 Å². The van der Waals surface area contributed by atoms with Crippen LogP contribution >= 0.6 is 11.6 Å². The van der Waals surface area contributed by atoms with E-state index in [-0.39, 0.29) is 16.4 Å². The number of ether oxygens (including phenoxy) is 1. The maximum absolute atomic E-state index is 14.3. The van der Waals surface area contributed by atoms with Crippen LogP contribution in [0.4, 0.5) is 8.78 Å². The molecular weight excluding hydrogens is 376 g/mol. The lowest BCUT2D eigenvalue weighted by molar-refractivity contribution is 0.414. The molecule has 0 bridgehead atoms. The Bertz CT molecular complexity index is 1160. The Hall–Kier alpha value is -3.13. The summed E-state index contributed by atoms with van der Waals surface area (Å²) >= 11 is 6.14. The van der Waals surface area contributed by atoms with Crippen LogP contribution in [-0.2, 0) is 7.05 Å². The molecule has 0 spiro atoms. The van der Waals surface area contributed by atoms with E-state index in [0.29, 0.717) is 28.0 Å². The van der Waals surface area contributed by atoms with Gasteiger partial charge in [0.05, 0.1) is 18.2 Å². The molecule has 136 valence electrons. The van der Waals surface area contributed by atoms with Crippen molar-refractivity contribution >= 4 is 22.6 Å². The SMILES string of the molecule is COc1cc2ncnc(-c3cn(C)nc3-c3c(F)cccc3F)c2nc1Cl. The fourth-order valence-corrected chi connectivity index (χ4v) is 3.07. The third-order valence-corrected chi connectivity index (χ3v) is 4.31. The molecule has 4 aromatic rings. The fraction of sp³-hybridized carbons (Fsp3) is 0.111. The molecule has 0 amide bonds. The number of rotatable bonds is 3. The van der Waals surface area contributed by atoms with Gasteiger partial charge in [0.25, 0.3) is 0 Å². The van der Waals surface area contributed by atoms with Crippen LogP contribution in [0.2, 0.25) is 5.15 Å². The highest BCUT2D eigenvalue weighted by Crippen LogP contribution is 2.36. The molecule has 27 heavy (non-hydrogen) atoms. The molecule has 0 aliphatic heterocycles. The van der Waals surface area contributed by atoms with Crippen molar-refractivity contribution in [3.63, 3.8) is 0 Å². The third-order valence-electron chi connectivity index (χ3n) is 4.04. The Morgan fingerprint density at radius 3 is 2.56 bits per heavy atom. The van der Waals surface area contributed by atoms with Crippen molar-refractivity contribution in [1.82, 2.24) is 24.7 Å². The van der Waals surface area contributed by atoms with Crippen molar-refractivity contribution in [2.24, 2.45) is 7.05 Å². The lowest BCUT2D eigenvalue weighted by Crippen LogP contribution is -1.97. The molecule has 0 N–H and O–H groups in total. The Morgan fingerprint density at radius 1 is 1.11 bits per heavy atom. The van der Waals surface area contributed by atoms with E-state index in [1.807, 2.05) is 0 Å². The fourth-order valence-electron chi connectivity index (χ4n) is 2.86. The lowest BCUT2D eigenvalue weighted by Gasteiger charge is -2.08. The number of aromatic nitrogens is 5. The van der Waals surface area contributed by atoms with Crippen molar-refractivity contribution in [3.8, 4) is 28.3 Å². The van der Waals surface area contributed by atoms with E-state index >= 15 is 0 Å². The van der Waals surface area contributed by atoms with Crippen LogP contribution in [0.5, 0.6) is 5.75 Å². The van der Waals surface area contributed by atoms with Crippen LogP contribution in [0, 0.1) is 11.6 Å². The number of nitrogens with zero attached hydrogens (tertiary/aromatic N) is 5. The zero-order valence-corrected chi connectivity index (χ0v) is 15.0. The third kappa shape index (κ3) is 2.87. The average Bonchev–Trinajstić information content (AvgIpc) is 3.01. The van der Waals surface area contributed by atoms with E-state index in [0.717, 1.165) is 0 Å². The summed E-state index contributed by atoms with van der Waals surface area (Å²) in [5.74, 6) is -1.08. The molecule has 0 fully saturated rings. The van der Waals surface area contributed by atoms with Gasteiger partial charge < -0.3 is 4.74 Å². The number of halogens is 3. The van der Waals surface area contributed by atoms with Crippen LogP contribution in [0.15, 0.2) is 36.8 Å². The van der Waals surface area contributed by atoms with Crippen LogP contribution in [0.1, 0.15) is 0 Å². The quantitative estimate of drug-likeness (QED) is 0.496. The molecule has 0 radical (unpaired) electrons. The Balaban J connectivity index is 2.02. The standard InChI is InChI=1S/C18H12ClF2N5O/c1-26-7-9(15(25-26)14-10(20)4-3-5-11(14)21)16-17-12(22-8-23-16)6-13(27-2)18(19)24-17/h3-8H,1-2H3. The lowest BCUT2D eigenvalue weighted by atomic mass is 10.0. The maximum atomic E-state index is 14.3. The van der Waals surface area contributed by atoms with Crippen molar-refractivity contribution in [2.45, 2.75) is 0 Å². The summed E-state index contributed by atoms with van der Waals surface area (Å²) in [4.78, 5) is 12.7. The monoisotopic (exact) mass is 387 g/mol. The first-order valence-electron chi connectivity index (χ1n) is 7.83. The number of pyridine rings is 1. The normalized spacial score (nSPS) is 11.1. The molecule has 0 atom stereocenters. The summed E-state index contributed by atoms with van der Waals surface area (Å²) in [5, 5.41) is 4.36. The molecule has 0 aliphatic rings. The predicted octanol–water partition coefficient (Wildman–Crippen LogP) is 4.03. The first kappa shape index (κ1) is 17.3. The Kier molecular flexibility index (Phi) is 4.19. The van der Waals surface area contributed by atoms with Crippen LogP contribution in [0.3, 0.4) is 0 Å². The molecule has 0 saturated carbocycles. The second-order valence-corrected chi connectivity index (χ2v) is 6.09. The van der Waals surface area contributed by atoms with E-state index in [4.69, 9.17) is 16.3 Å². The summed E-state index contributed by atoms with van der Waals surface area (Å²) < 4.78 is 35.3. The minimum absolute atomic E-state index is 0.113. The van der Waals surface area contributed by atoms with Gasteiger partial charge in [0, 0.05) is 24.9 Å². The first-order chi connectivity index (χ1) is 13.0. The van der Waals surface area contributed by atoms with E-state index in [2.05, 4.69) is 20.1 Å². The van der Waals surface area contributed by atoms with E-state index in [1.165, 1.54) is 36.3 Å². The van der Waals surface area contributed by atoms with Gasteiger partial charge in [-0.25, -0.2) is 23.7 Å². The van der Waals surface area contributed by atoms with Gasteiger partial charge in [-0.3, -0.25) is 4.68 Å². The highest BCUT2D eigenvalue weighted by molar-refractivity contribution is 6.31. The van der Waals surface area contributed by atoms with Crippen LogP contribution in [-0.4, -0.2) is 31.8 Å². The molecule has 4 rings (SSSR count). The van der Waals surface area contributed by atoms with Gasteiger partial charge >= 0.3 is 0 Å². The minimum atomic E-state index is -0.721. The van der Waals surface area contributed by atoms with Gasteiger partial charge in [0.15, 0.2) is 10.9 Å².